The van der Waals surface area contributed by atoms with Gasteiger partial charge in [-0.25, -0.2) is 0 Å². The first-order valence-electron chi connectivity index (χ1n) is 7.61. The van der Waals surface area contributed by atoms with Gasteiger partial charge >= 0.3 is 0 Å². The Balaban J connectivity index is 2.01. The van der Waals surface area contributed by atoms with E-state index in [4.69, 9.17) is 9.47 Å². The smallest absolute Gasteiger partial charge is 0.0897 e. The van der Waals surface area contributed by atoms with Crippen LogP contribution in [0.1, 0.15) is 39.5 Å². The molecular weight excluding hydrogens is 242 g/mol. The Morgan fingerprint density at radius 1 is 1.32 bits per heavy atom. The molecule has 4 nitrogen and oxygen atoms in total. The summed E-state index contributed by atoms with van der Waals surface area (Å²) in [6, 6.07) is 0. The summed E-state index contributed by atoms with van der Waals surface area (Å²) in [6.45, 7) is 6.87. The average Bonchev–Trinajstić information content (AvgIpc) is 2.37. The summed E-state index contributed by atoms with van der Waals surface area (Å²) < 4.78 is 10.5. The van der Waals surface area contributed by atoms with E-state index in [0.717, 1.165) is 18.4 Å². The summed E-state index contributed by atoms with van der Waals surface area (Å²) in [5.41, 5.74) is 0. The van der Waals surface area contributed by atoms with Gasteiger partial charge in [-0.1, -0.05) is 19.8 Å². The van der Waals surface area contributed by atoms with E-state index >= 15 is 0 Å². The van der Waals surface area contributed by atoms with Crippen molar-refractivity contribution in [2.24, 2.45) is 11.8 Å². The van der Waals surface area contributed by atoms with Gasteiger partial charge in [-0.05, 0) is 38.1 Å². The quantitative estimate of drug-likeness (QED) is 0.673. The van der Waals surface area contributed by atoms with Crippen LogP contribution >= 0.6 is 0 Å². The third kappa shape index (κ3) is 7.88. The van der Waals surface area contributed by atoms with Gasteiger partial charge in [-0.15, -0.1) is 0 Å². The predicted molar refractivity (Wildman–Crippen MR) is 77.3 cm³/mol. The van der Waals surface area contributed by atoms with Crippen LogP contribution in [-0.2, 0) is 9.47 Å². The fourth-order valence-corrected chi connectivity index (χ4v) is 2.82. The van der Waals surface area contributed by atoms with Crippen molar-refractivity contribution in [1.82, 2.24) is 5.32 Å². The van der Waals surface area contributed by atoms with Crippen molar-refractivity contribution >= 4 is 0 Å². The van der Waals surface area contributed by atoms with Crippen molar-refractivity contribution in [1.29, 1.82) is 0 Å². The van der Waals surface area contributed by atoms with E-state index in [-0.39, 0.29) is 6.10 Å². The summed E-state index contributed by atoms with van der Waals surface area (Å²) in [5, 5.41) is 13.2. The van der Waals surface area contributed by atoms with Gasteiger partial charge in [0.1, 0.15) is 0 Å². The van der Waals surface area contributed by atoms with Gasteiger partial charge < -0.3 is 19.9 Å². The Morgan fingerprint density at radius 2 is 2.11 bits per heavy atom. The van der Waals surface area contributed by atoms with Crippen LogP contribution in [0.5, 0.6) is 0 Å². The highest BCUT2D eigenvalue weighted by molar-refractivity contribution is 4.73. The number of aliphatic hydroxyl groups is 1. The van der Waals surface area contributed by atoms with Gasteiger partial charge in [0, 0.05) is 13.7 Å². The van der Waals surface area contributed by atoms with E-state index in [1.54, 1.807) is 7.11 Å². The Labute approximate surface area is 117 Å². The molecule has 4 atom stereocenters. The highest BCUT2D eigenvalue weighted by Gasteiger charge is 2.18. The minimum absolute atomic E-state index is 0.0406. The minimum atomic E-state index is -0.430. The number of nitrogens with one attached hydrogen (secondary N) is 1. The van der Waals surface area contributed by atoms with Crippen LogP contribution in [0.25, 0.3) is 0 Å². The van der Waals surface area contributed by atoms with E-state index in [1.807, 2.05) is 6.92 Å². The lowest BCUT2D eigenvalue weighted by molar-refractivity contribution is -0.0312. The lowest BCUT2D eigenvalue weighted by Crippen LogP contribution is -2.35. The lowest BCUT2D eigenvalue weighted by Gasteiger charge is -2.27. The first-order chi connectivity index (χ1) is 9.11. The number of methoxy groups -OCH3 is 1. The number of hydrogen-bond donors (Lipinski definition) is 2. The predicted octanol–water partition coefficient (Wildman–Crippen LogP) is 1.81. The molecule has 0 radical (unpaired) electrons. The Morgan fingerprint density at radius 3 is 2.79 bits per heavy atom. The van der Waals surface area contributed by atoms with Crippen LogP contribution in [0.3, 0.4) is 0 Å². The second-order valence-electron chi connectivity index (χ2n) is 6.05. The van der Waals surface area contributed by atoms with Crippen molar-refractivity contribution in [3.63, 3.8) is 0 Å². The minimum Gasteiger partial charge on any atom is -0.389 e. The molecule has 0 spiro atoms. The van der Waals surface area contributed by atoms with Crippen molar-refractivity contribution in [2.75, 3.05) is 33.4 Å². The third-order valence-electron chi connectivity index (χ3n) is 3.83. The van der Waals surface area contributed by atoms with Gasteiger partial charge in [0.25, 0.3) is 0 Å². The fourth-order valence-electron chi connectivity index (χ4n) is 2.82. The molecular formula is C15H31NO3. The summed E-state index contributed by atoms with van der Waals surface area (Å²) in [5.74, 6) is 1.65. The number of aliphatic hydroxyl groups excluding tert-OH is 1. The van der Waals surface area contributed by atoms with E-state index in [1.165, 1.54) is 25.7 Å². The standard InChI is InChI=1S/C15H31NO3/c1-12-5-4-6-14(7-12)8-16-9-15(17)11-19-13(2)10-18-3/h12-17H,4-11H2,1-3H3. The molecule has 1 fully saturated rings. The zero-order chi connectivity index (χ0) is 14.1. The van der Waals surface area contributed by atoms with Gasteiger partial charge in [0.05, 0.1) is 25.4 Å². The second kappa shape index (κ2) is 9.70. The highest BCUT2D eigenvalue weighted by atomic mass is 16.5. The number of rotatable bonds is 9. The molecule has 1 rings (SSSR count). The van der Waals surface area contributed by atoms with Gasteiger partial charge in [0.15, 0.2) is 0 Å². The van der Waals surface area contributed by atoms with E-state index in [2.05, 4.69) is 12.2 Å². The van der Waals surface area contributed by atoms with Gasteiger partial charge in [-0.2, -0.15) is 0 Å². The van der Waals surface area contributed by atoms with E-state index < -0.39 is 6.10 Å². The molecule has 1 aliphatic rings. The van der Waals surface area contributed by atoms with Crippen molar-refractivity contribution in [3.05, 3.63) is 0 Å². The fraction of sp³-hybridized carbons (Fsp3) is 1.00. The van der Waals surface area contributed by atoms with Crippen LogP contribution in [0, 0.1) is 11.8 Å². The van der Waals surface area contributed by atoms with Crippen LogP contribution in [0.4, 0.5) is 0 Å². The SMILES string of the molecule is COCC(C)OCC(O)CNCC1CCCC(C)C1. The zero-order valence-electron chi connectivity index (χ0n) is 12.7. The average molecular weight is 273 g/mol. The van der Waals surface area contributed by atoms with Gasteiger partial charge in [0.2, 0.25) is 0 Å². The summed E-state index contributed by atoms with van der Waals surface area (Å²) >= 11 is 0. The molecule has 0 aromatic rings. The monoisotopic (exact) mass is 273 g/mol. The van der Waals surface area contributed by atoms with E-state index in [9.17, 15) is 5.11 Å². The molecule has 19 heavy (non-hydrogen) atoms. The van der Waals surface area contributed by atoms with Crippen LogP contribution in [-0.4, -0.2) is 50.7 Å². The second-order valence-corrected chi connectivity index (χ2v) is 6.05. The van der Waals surface area contributed by atoms with Crippen molar-refractivity contribution in [2.45, 2.75) is 51.7 Å². The molecule has 0 aromatic carbocycles. The molecule has 0 aliphatic heterocycles. The van der Waals surface area contributed by atoms with Crippen LogP contribution in [0.2, 0.25) is 0 Å². The maximum absolute atomic E-state index is 9.82. The maximum Gasteiger partial charge on any atom is 0.0897 e. The Bertz CT molecular complexity index is 225. The largest absolute Gasteiger partial charge is 0.389 e. The van der Waals surface area contributed by atoms with E-state index in [0.29, 0.717) is 19.8 Å². The van der Waals surface area contributed by atoms with Crippen molar-refractivity contribution in [3.8, 4) is 0 Å². The van der Waals surface area contributed by atoms with Crippen molar-refractivity contribution < 1.29 is 14.6 Å². The molecule has 0 bridgehead atoms. The number of hydrogen-bond acceptors (Lipinski definition) is 4. The molecule has 4 heteroatoms. The topological polar surface area (TPSA) is 50.7 Å². The first-order valence-corrected chi connectivity index (χ1v) is 7.61. The highest BCUT2D eigenvalue weighted by Crippen LogP contribution is 2.27. The molecule has 0 heterocycles. The molecule has 0 aromatic heterocycles. The van der Waals surface area contributed by atoms with Crippen LogP contribution in [0.15, 0.2) is 0 Å². The summed E-state index contributed by atoms with van der Waals surface area (Å²) in [6.07, 6.45) is 5.00. The molecule has 1 saturated carbocycles. The molecule has 0 amide bonds. The number of ether oxygens (including phenoxy) is 2. The normalized spacial score (nSPS) is 27.2. The third-order valence-corrected chi connectivity index (χ3v) is 3.83. The molecule has 0 saturated heterocycles. The molecule has 2 N–H and O–H groups in total. The molecule has 1 aliphatic carbocycles. The summed E-state index contributed by atoms with van der Waals surface area (Å²) in [4.78, 5) is 0. The van der Waals surface area contributed by atoms with Gasteiger partial charge in [-0.3, -0.25) is 0 Å². The molecule has 4 unspecified atom stereocenters. The summed E-state index contributed by atoms with van der Waals surface area (Å²) in [7, 11) is 1.66. The Hall–Kier alpha value is -0.160. The Kier molecular flexibility index (Phi) is 8.62. The maximum atomic E-state index is 9.82. The molecule has 114 valence electrons. The first kappa shape index (κ1) is 16.9. The zero-order valence-corrected chi connectivity index (χ0v) is 12.7. The lowest BCUT2D eigenvalue weighted by atomic mass is 9.82. The van der Waals surface area contributed by atoms with Crippen LogP contribution < -0.4 is 5.32 Å².